The van der Waals surface area contributed by atoms with Gasteiger partial charge in [-0.25, -0.2) is 0 Å². The van der Waals surface area contributed by atoms with E-state index in [0.29, 0.717) is 13.2 Å². The second-order valence-corrected chi connectivity index (χ2v) is 5.68. The molecule has 0 aliphatic carbocycles. The van der Waals surface area contributed by atoms with Crippen LogP contribution in [0.15, 0.2) is 4.99 Å². The summed E-state index contributed by atoms with van der Waals surface area (Å²) in [7, 11) is 0. The smallest absolute Gasteiger partial charge is 0.310 e. The summed E-state index contributed by atoms with van der Waals surface area (Å²) in [5, 5.41) is 3.34. The van der Waals surface area contributed by atoms with Crippen molar-refractivity contribution in [2.45, 2.75) is 46.5 Å². The number of nitrogens with one attached hydrogen (secondary N) is 1. The molecule has 0 bridgehead atoms. The number of nitrogens with zero attached hydrogens (tertiary/aromatic N) is 2. The van der Waals surface area contributed by atoms with Gasteiger partial charge in [0, 0.05) is 39.4 Å². The first-order valence-electron chi connectivity index (χ1n) is 9.00. The van der Waals surface area contributed by atoms with Gasteiger partial charge in [0.15, 0.2) is 5.96 Å². The van der Waals surface area contributed by atoms with Crippen molar-refractivity contribution in [2.75, 3.05) is 46.0 Å². The van der Waals surface area contributed by atoms with E-state index >= 15 is 0 Å². The lowest BCUT2D eigenvalue weighted by atomic mass is 9.98. The molecule has 1 N–H and O–H groups in total. The summed E-state index contributed by atoms with van der Waals surface area (Å²) >= 11 is 0. The number of guanidine groups is 1. The minimum absolute atomic E-state index is 0.0366. The van der Waals surface area contributed by atoms with Crippen molar-refractivity contribution in [3.05, 3.63) is 0 Å². The average Bonchev–Trinajstić information content (AvgIpc) is 2.57. The van der Waals surface area contributed by atoms with Crippen LogP contribution in [0.2, 0.25) is 0 Å². The topological polar surface area (TPSA) is 63.2 Å². The molecular weight excluding hydrogens is 294 g/mol. The maximum Gasteiger partial charge on any atom is 0.310 e. The van der Waals surface area contributed by atoms with Gasteiger partial charge in [-0.1, -0.05) is 0 Å². The summed E-state index contributed by atoms with van der Waals surface area (Å²) in [6, 6.07) is 0. The number of hydrogen-bond donors (Lipinski definition) is 1. The van der Waals surface area contributed by atoms with Crippen LogP contribution in [0.3, 0.4) is 0 Å². The molecule has 1 aliphatic rings. The van der Waals surface area contributed by atoms with E-state index in [1.165, 1.54) is 0 Å². The van der Waals surface area contributed by atoms with Crippen molar-refractivity contribution in [1.82, 2.24) is 10.2 Å². The van der Waals surface area contributed by atoms with Crippen LogP contribution in [-0.4, -0.2) is 62.8 Å². The molecule has 1 fully saturated rings. The van der Waals surface area contributed by atoms with Gasteiger partial charge in [-0.15, -0.1) is 0 Å². The average molecular weight is 327 g/mol. The Morgan fingerprint density at radius 1 is 1.26 bits per heavy atom. The molecule has 1 atom stereocenters. The highest BCUT2D eigenvalue weighted by molar-refractivity contribution is 5.81. The summed E-state index contributed by atoms with van der Waals surface area (Å²) in [6.45, 7) is 11.2. The molecule has 1 rings (SSSR count). The monoisotopic (exact) mass is 327 g/mol. The van der Waals surface area contributed by atoms with E-state index in [0.717, 1.165) is 64.5 Å². The van der Waals surface area contributed by atoms with Crippen molar-refractivity contribution < 1.29 is 14.3 Å². The fourth-order valence-electron chi connectivity index (χ4n) is 2.69. The molecule has 0 aromatic heterocycles. The Hall–Kier alpha value is -1.30. The Labute approximate surface area is 140 Å². The third kappa shape index (κ3) is 7.68. The molecule has 0 aromatic carbocycles. The largest absolute Gasteiger partial charge is 0.466 e. The number of aliphatic imine (C=N–C) groups is 1. The SMILES string of the molecule is CCNC(=NCCCCOCC)N1CCCC(C(=O)OCC)C1. The Morgan fingerprint density at radius 2 is 2.09 bits per heavy atom. The molecule has 1 aliphatic heterocycles. The number of piperidine rings is 1. The van der Waals surface area contributed by atoms with Crippen LogP contribution in [0.5, 0.6) is 0 Å². The molecule has 1 heterocycles. The molecule has 134 valence electrons. The van der Waals surface area contributed by atoms with Crippen molar-refractivity contribution in [2.24, 2.45) is 10.9 Å². The van der Waals surface area contributed by atoms with Crippen molar-refractivity contribution in [1.29, 1.82) is 0 Å². The number of unbranched alkanes of at least 4 members (excludes halogenated alkanes) is 1. The fraction of sp³-hybridized carbons (Fsp3) is 0.882. The number of carbonyl (C=O) groups is 1. The first-order chi connectivity index (χ1) is 11.2. The van der Waals surface area contributed by atoms with Gasteiger partial charge in [0.1, 0.15) is 0 Å². The van der Waals surface area contributed by atoms with Gasteiger partial charge >= 0.3 is 5.97 Å². The molecule has 6 nitrogen and oxygen atoms in total. The highest BCUT2D eigenvalue weighted by Gasteiger charge is 2.28. The van der Waals surface area contributed by atoms with Crippen LogP contribution >= 0.6 is 0 Å². The van der Waals surface area contributed by atoms with E-state index in [2.05, 4.69) is 17.1 Å². The van der Waals surface area contributed by atoms with Crippen LogP contribution in [0.4, 0.5) is 0 Å². The zero-order valence-electron chi connectivity index (χ0n) is 15.0. The molecule has 6 heteroatoms. The number of esters is 1. The normalized spacial score (nSPS) is 18.8. The highest BCUT2D eigenvalue weighted by atomic mass is 16.5. The predicted octanol–water partition coefficient (Wildman–Crippen LogP) is 2.04. The number of hydrogen-bond acceptors (Lipinski definition) is 4. The van der Waals surface area contributed by atoms with Crippen molar-refractivity contribution >= 4 is 11.9 Å². The zero-order valence-corrected chi connectivity index (χ0v) is 15.0. The van der Waals surface area contributed by atoms with Crippen LogP contribution in [0.25, 0.3) is 0 Å². The van der Waals surface area contributed by atoms with E-state index in [1.807, 2.05) is 13.8 Å². The Kier molecular flexibility index (Phi) is 10.4. The molecule has 23 heavy (non-hydrogen) atoms. The van der Waals surface area contributed by atoms with Gasteiger partial charge in [-0.05, 0) is 46.5 Å². The number of ether oxygens (including phenoxy) is 2. The van der Waals surface area contributed by atoms with E-state index in [-0.39, 0.29) is 11.9 Å². The molecule has 0 aromatic rings. The number of carbonyl (C=O) groups excluding carboxylic acids is 1. The molecule has 1 unspecified atom stereocenters. The van der Waals surface area contributed by atoms with Crippen molar-refractivity contribution in [3.63, 3.8) is 0 Å². The lowest BCUT2D eigenvalue weighted by Crippen LogP contribution is -2.48. The second-order valence-electron chi connectivity index (χ2n) is 5.68. The molecule has 0 amide bonds. The lowest BCUT2D eigenvalue weighted by Gasteiger charge is -2.34. The first kappa shape index (κ1) is 19.7. The summed E-state index contributed by atoms with van der Waals surface area (Å²) < 4.78 is 10.5. The highest BCUT2D eigenvalue weighted by Crippen LogP contribution is 2.18. The molecule has 0 saturated carbocycles. The van der Waals surface area contributed by atoms with Crippen LogP contribution < -0.4 is 5.32 Å². The Bertz CT molecular complexity index is 361. The summed E-state index contributed by atoms with van der Waals surface area (Å²) in [6.07, 6.45) is 3.95. The molecular formula is C17H33N3O3. The molecule has 0 radical (unpaired) electrons. The van der Waals surface area contributed by atoms with Crippen LogP contribution in [0, 0.1) is 5.92 Å². The van der Waals surface area contributed by atoms with Gasteiger partial charge in [-0.3, -0.25) is 9.79 Å². The minimum atomic E-state index is -0.0789. The second kappa shape index (κ2) is 12.2. The van der Waals surface area contributed by atoms with Gasteiger partial charge < -0.3 is 19.7 Å². The van der Waals surface area contributed by atoms with Crippen LogP contribution in [-0.2, 0) is 14.3 Å². The van der Waals surface area contributed by atoms with E-state index in [4.69, 9.17) is 14.5 Å². The van der Waals surface area contributed by atoms with E-state index < -0.39 is 0 Å². The van der Waals surface area contributed by atoms with Gasteiger partial charge in [0.05, 0.1) is 12.5 Å². The Balaban J connectivity index is 2.49. The number of likely N-dealkylation sites (tertiary alicyclic amines) is 1. The van der Waals surface area contributed by atoms with Gasteiger partial charge in [-0.2, -0.15) is 0 Å². The van der Waals surface area contributed by atoms with E-state index in [9.17, 15) is 4.79 Å². The molecule has 0 spiro atoms. The maximum atomic E-state index is 12.0. The van der Waals surface area contributed by atoms with Gasteiger partial charge in [0.25, 0.3) is 0 Å². The fourth-order valence-corrected chi connectivity index (χ4v) is 2.69. The standard InChI is InChI=1S/C17H33N3O3/c1-4-18-17(19-11-7-8-13-22-5-2)20-12-9-10-15(14-20)16(21)23-6-3/h15H,4-14H2,1-3H3,(H,18,19). The lowest BCUT2D eigenvalue weighted by molar-refractivity contribution is -0.149. The maximum absolute atomic E-state index is 12.0. The third-order valence-electron chi connectivity index (χ3n) is 3.84. The zero-order chi connectivity index (χ0) is 16.9. The predicted molar refractivity (Wildman–Crippen MR) is 92.6 cm³/mol. The Morgan fingerprint density at radius 3 is 2.78 bits per heavy atom. The van der Waals surface area contributed by atoms with Gasteiger partial charge in [0.2, 0.25) is 0 Å². The quantitative estimate of drug-likeness (QED) is 0.304. The molecule has 1 saturated heterocycles. The van der Waals surface area contributed by atoms with E-state index in [1.54, 1.807) is 0 Å². The van der Waals surface area contributed by atoms with Crippen molar-refractivity contribution in [3.8, 4) is 0 Å². The summed E-state index contributed by atoms with van der Waals surface area (Å²) in [5.74, 6) is 0.799. The third-order valence-corrected chi connectivity index (χ3v) is 3.84. The van der Waals surface area contributed by atoms with Crippen LogP contribution in [0.1, 0.15) is 46.5 Å². The summed E-state index contributed by atoms with van der Waals surface area (Å²) in [5.41, 5.74) is 0. The minimum Gasteiger partial charge on any atom is -0.466 e. The number of rotatable bonds is 9. The summed E-state index contributed by atoms with van der Waals surface area (Å²) in [4.78, 5) is 18.9. The first-order valence-corrected chi connectivity index (χ1v) is 9.00.